The molecule has 0 unspecified atom stereocenters. The van der Waals surface area contributed by atoms with Crippen LogP contribution in [0.2, 0.25) is 5.02 Å². The lowest BCUT2D eigenvalue weighted by molar-refractivity contribution is 0.0730. The summed E-state index contributed by atoms with van der Waals surface area (Å²) in [4.78, 5) is 0.228. The van der Waals surface area contributed by atoms with Crippen LogP contribution in [-0.4, -0.2) is 39.0 Å². The molecule has 0 atom stereocenters. The van der Waals surface area contributed by atoms with Gasteiger partial charge in [0.2, 0.25) is 10.0 Å². The lowest BCUT2D eigenvalue weighted by atomic mass is 10.2. The smallest absolute Gasteiger partial charge is 0.243 e. The van der Waals surface area contributed by atoms with E-state index in [0.29, 0.717) is 48.2 Å². The van der Waals surface area contributed by atoms with E-state index in [1.54, 1.807) is 36.4 Å². The fraction of sp³-hybridized carbons (Fsp3) is 0.278. The fourth-order valence-electron chi connectivity index (χ4n) is 2.58. The van der Waals surface area contributed by atoms with Gasteiger partial charge >= 0.3 is 0 Å². The summed E-state index contributed by atoms with van der Waals surface area (Å²) in [5.74, 6) is 0.437. The maximum Gasteiger partial charge on any atom is 0.243 e. The number of ether oxygens (including phenoxy) is 2. The van der Waals surface area contributed by atoms with E-state index in [1.807, 2.05) is 6.07 Å². The van der Waals surface area contributed by atoms with Gasteiger partial charge in [0.1, 0.15) is 12.4 Å². The van der Waals surface area contributed by atoms with Gasteiger partial charge < -0.3 is 9.47 Å². The van der Waals surface area contributed by atoms with Crippen molar-refractivity contribution in [1.29, 1.82) is 5.26 Å². The maximum atomic E-state index is 12.7. The number of hydrogen-bond acceptors (Lipinski definition) is 5. The second-order valence-electron chi connectivity index (χ2n) is 5.71. The third-order valence-corrected chi connectivity index (χ3v) is 6.15. The highest BCUT2D eigenvalue weighted by Crippen LogP contribution is 2.26. The van der Waals surface area contributed by atoms with E-state index >= 15 is 0 Å². The Morgan fingerprint density at radius 3 is 2.65 bits per heavy atom. The molecule has 8 heteroatoms. The highest BCUT2D eigenvalue weighted by Gasteiger charge is 2.26. The van der Waals surface area contributed by atoms with E-state index in [2.05, 4.69) is 0 Å². The van der Waals surface area contributed by atoms with Crippen LogP contribution >= 0.6 is 11.6 Å². The van der Waals surface area contributed by atoms with Crippen molar-refractivity contribution in [3.63, 3.8) is 0 Å². The van der Waals surface area contributed by atoms with E-state index in [-0.39, 0.29) is 11.5 Å². The van der Waals surface area contributed by atoms with E-state index < -0.39 is 10.0 Å². The summed E-state index contributed by atoms with van der Waals surface area (Å²) in [7, 11) is -3.55. The summed E-state index contributed by atoms with van der Waals surface area (Å²) in [5, 5.41) is 9.19. The van der Waals surface area contributed by atoms with Crippen LogP contribution in [0.5, 0.6) is 5.75 Å². The molecule has 2 aromatic carbocycles. The zero-order valence-corrected chi connectivity index (χ0v) is 15.5. The van der Waals surface area contributed by atoms with Gasteiger partial charge in [-0.25, -0.2) is 8.42 Å². The topological polar surface area (TPSA) is 79.6 Å². The Labute approximate surface area is 157 Å². The van der Waals surface area contributed by atoms with Gasteiger partial charge in [-0.3, -0.25) is 0 Å². The molecular weight excluding hydrogens is 376 g/mol. The van der Waals surface area contributed by atoms with Crippen molar-refractivity contribution >= 4 is 21.6 Å². The predicted octanol–water partition coefficient (Wildman–Crippen LogP) is 2.81. The molecule has 6 nitrogen and oxygen atoms in total. The molecule has 0 radical (unpaired) electrons. The Bertz CT molecular complexity index is 934. The van der Waals surface area contributed by atoms with Crippen LogP contribution < -0.4 is 4.74 Å². The van der Waals surface area contributed by atoms with E-state index in [1.165, 1.54) is 10.4 Å². The third kappa shape index (κ3) is 4.17. The monoisotopic (exact) mass is 392 g/mol. The van der Waals surface area contributed by atoms with Gasteiger partial charge in [-0.15, -0.1) is 0 Å². The Morgan fingerprint density at radius 2 is 1.96 bits per heavy atom. The first-order valence-corrected chi connectivity index (χ1v) is 9.82. The largest absolute Gasteiger partial charge is 0.487 e. The van der Waals surface area contributed by atoms with Crippen LogP contribution in [0.4, 0.5) is 0 Å². The van der Waals surface area contributed by atoms with Gasteiger partial charge in [0, 0.05) is 13.1 Å². The number of morpholine rings is 1. The molecule has 0 bridgehead atoms. The Hall–Kier alpha value is -2.11. The number of benzene rings is 2. The zero-order valence-electron chi connectivity index (χ0n) is 13.9. The Balaban J connectivity index is 1.74. The lowest BCUT2D eigenvalue weighted by Crippen LogP contribution is -2.40. The molecule has 1 aliphatic heterocycles. The summed E-state index contributed by atoms with van der Waals surface area (Å²) >= 11 is 6.09. The minimum Gasteiger partial charge on any atom is -0.487 e. The van der Waals surface area contributed by atoms with Crippen molar-refractivity contribution in [3.05, 3.63) is 58.6 Å². The van der Waals surface area contributed by atoms with Gasteiger partial charge in [0.15, 0.2) is 0 Å². The van der Waals surface area contributed by atoms with Crippen LogP contribution in [-0.2, 0) is 21.4 Å². The second-order valence-corrected chi connectivity index (χ2v) is 8.05. The average molecular weight is 393 g/mol. The van der Waals surface area contributed by atoms with Crippen molar-refractivity contribution in [1.82, 2.24) is 4.31 Å². The van der Waals surface area contributed by atoms with Crippen LogP contribution in [0.15, 0.2) is 47.4 Å². The van der Waals surface area contributed by atoms with Crippen molar-refractivity contribution < 1.29 is 17.9 Å². The van der Waals surface area contributed by atoms with Crippen LogP contribution in [0.25, 0.3) is 0 Å². The molecule has 2 aromatic rings. The SMILES string of the molecule is N#Cc1ccc(OCc2cccc(S(=O)(=O)N3CCOCC3)c2)c(Cl)c1. The van der Waals surface area contributed by atoms with Crippen molar-refractivity contribution in [2.75, 3.05) is 26.3 Å². The predicted molar refractivity (Wildman–Crippen MR) is 96.5 cm³/mol. The third-order valence-electron chi connectivity index (χ3n) is 3.96. The molecule has 136 valence electrons. The number of nitriles is 1. The summed E-state index contributed by atoms with van der Waals surface area (Å²) in [6, 6.07) is 13.4. The second kappa shape index (κ2) is 8.06. The lowest BCUT2D eigenvalue weighted by Gasteiger charge is -2.26. The number of hydrogen-bond donors (Lipinski definition) is 0. The number of rotatable bonds is 5. The first-order chi connectivity index (χ1) is 12.5. The van der Waals surface area contributed by atoms with Crippen LogP contribution in [0.3, 0.4) is 0 Å². The summed E-state index contributed by atoms with van der Waals surface area (Å²) < 4.78 is 37.7. The van der Waals surface area contributed by atoms with Crippen molar-refractivity contribution in [3.8, 4) is 11.8 Å². The normalized spacial score (nSPS) is 15.4. The summed E-state index contributed by atoms with van der Waals surface area (Å²) in [5.41, 5.74) is 1.15. The van der Waals surface area contributed by atoms with E-state index in [4.69, 9.17) is 26.3 Å². The molecule has 1 fully saturated rings. The van der Waals surface area contributed by atoms with Crippen molar-refractivity contribution in [2.24, 2.45) is 0 Å². The minimum absolute atomic E-state index is 0.165. The van der Waals surface area contributed by atoms with Gasteiger partial charge in [-0.05, 0) is 35.9 Å². The van der Waals surface area contributed by atoms with Gasteiger partial charge in [-0.2, -0.15) is 9.57 Å². The fourth-order valence-corrected chi connectivity index (χ4v) is 4.29. The summed E-state index contributed by atoms with van der Waals surface area (Å²) in [6.45, 7) is 1.67. The molecule has 0 N–H and O–H groups in total. The molecule has 0 aromatic heterocycles. The molecule has 3 rings (SSSR count). The minimum atomic E-state index is -3.55. The standard InChI is InChI=1S/C18H17ClN2O4S/c19-17-11-14(12-20)4-5-18(17)25-13-15-2-1-3-16(10-15)26(22,23)21-6-8-24-9-7-21/h1-5,10-11H,6-9,13H2. The quantitative estimate of drug-likeness (QED) is 0.781. The Morgan fingerprint density at radius 1 is 1.19 bits per heavy atom. The molecule has 26 heavy (non-hydrogen) atoms. The molecule has 1 heterocycles. The molecular formula is C18H17ClN2O4S. The zero-order chi connectivity index (χ0) is 18.6. The number of nitrogens with zero attached hydrogens (tertiary/aromatic N) is 2. The Kier molecular flexibility index (Phi) is 5.79. The highest BCUT2D eigenvalue weighted by molar-refractivity contribution is 7.89. The van der Waals surface area contributed by atoms with Gasteiger partial charge in [0.05, 0.1) is 34.8 Å². The summed E-state index contributed by atoms with van der Waals surface area (Å²) in [6.07, 6.45) is 0. The molecule has 0 amide bonds. The molecule has 0 aliphatic carbocycles. The molecule has 0 saturated carbocycles. The maximum absolute atomic E-state index is 12.7. The van der Waals surface area contributed by atoms with Crippen LogP contribution in [0, 0.1) is 11.3 Å². The molecule has 1 aliphatic rings. The van der Waals surface area contributed by atoms with Gasteiger partial charge in [-0.1, -0.05) is 23.7 Å². The van der Waals surface area contributed by atoms with Gasteiger partial charge in [0.25, 0.3) is 0 Å². The van der Waals surface area contributed by atoms with E-state index in [0.717, 1.165) is 0 Å². The van der Waals surface area contributed by atoms with E-state index in [9.17, 15) is 8.42 Å². The molecule has 1 saturated heterocycles. The average Bonchev–Trinajstić information content (AvgIpc) is 2.68. The number of halogens is 1. The van der Waals surface area contributed by atoms with Crippen LogP contribution in [0.1, 0.15) is 11.1 Å². The number of sulfonamides is 1. The first-order valence-electron chi connectivity index (χ1n) is 8.00. The molecule has 0 spiro atoms. The van der Waals surface area contributed by atoms with Crippen molar-refractivity contribution in [2.45, 2.75) is 11.5 Å². The highest BCUT2D eigenvalue weighted by atomic mass is 35.5. The first kappa shape index (κ1) is 18.7.